The van der Waals surface area contributed by atoms with Crippen molar-refractivity contribution in [2.75, 3.05) is 38.5 Å². The average Bonchev–Trinajstić information content (AvgIpc) is 3.03. The van der Waals surface area contributed by atoms with Gasteiger partial charge >= 0.3 is 0 Å². The highest BCUT2D eigenvalue weighted by atomic mass is 32.2. The normalized spacial score (nSPS) is 14.7. The van der Waals surface area contributed by atoms with Crippen LogP contribution in [0.4, 0.5) is 0 Å². The van der Waals surface area contributed by atoms with Gasteiger partial charge in [-0.3, -0.25) is 14.5 Å². The second kappa shape index (κ2) is 11.8. The van der Waals surface area contributed by atoms with Gasteiger partial charge in [0.05, 0.1) is 16.5 Å². The lowest BCUT2D eigenvalue weighted by atomic mass is 10.2. The molecule has 0 aliphatic carbocycles. The second-order valence-electron chi connectivity index (χ2n) is 7.21. The average molecular weight is 442 g/mol. The number of hydrogen-bond donors (Lipinski definition) is 1. The minimum absolute atomic E-state index is 0.0161. The Bertz CT molecular complexity index is 846. The van der Waals surface area contributed by atoms with Crippen LogP contribution < -0.4 is 5.32 Å². The molecule has 1 aliphatic rings. The number of benzene rings is 2. The summed E-state index contributed by atoms with van der Waals surface area (Å²) in [6.45, 7) is 3.79. The van der Waals surface area contributed by atoms with E-state index in [1.165, 1.54) is 11.8 Å². The summed E-state index contributed by atoms with van der Waals surface area (Å²) in [5.74, 6) is 0.474. The maximum atomic E-state index is 12.6. The Hall–Kier alpha value is -2.22. The molecule has 0 radical (unpaired) electrons. The number of carbonyl (C=O) groups excluding carboxylic acids is 2. The van der Waals surface area contributed by atoms with Crippen molar-refractivity contribution >= 4 is 40.0 Å². The van der Waals surface area contributed by atoms with E-state index < -0.39 is 0 Å². The lowest BCUT2D eigenvalue weighted by molar-refractivity contribution is -0.128. The van der Waals surface area contributed by atoms with Gasteiger partial charge < -0.3 is 10.2 Å². The molecule has 1 N–H and O–H groups in total. The summed E-state index contributed by atoms with van der Waals surface area (Å²) in [5, 5.41) is 2.97. The van der Waals surface area contributed by atoms with Crippen LogP contribution in [0, 0.1) is 0 Å². The van der Waals surface area contributed by atoms with Crippen molar-refractivity contribution in [2.45, 2.75) is 13.0 Å². The van der Waals surface area contributed by atoms with Crippen molar-refractivity contribution < 1.29 is 9.59 Å². The molecule has 0 saturated carbocycles. The van der Waals surface area contributed by atoms with Crippen molar-refractivity contribution in [1.82, 2.24) is 15.1 Å². The van der Waals surface area contributed by atoms with E-state index in [2.05, 4.69) is 10.2 Å². The fourth-order valence-corrected chi connectivity index (χ4v) is 4.36. The zero-order chi connectivity index (χ0) is 21.2. The van der Waals surface area contributed by atoms with Gasteiger partial charge in [-0.15, -0.1) is 11.8 Å². The molecule has 1 fully saturated rings. The van der Waals surface area contributed by atoms with E-state index in [0.29, 0.717) is 31.9 Å². The van der Waals surface area contributed by atoms with E-state index in [1.54, 1.807) is 0 Å². The molecule has 0 bridgehead atoms. The highest BCUT2D eigenvalue weighted by Crippen LogP contribution is 2.15. The van der Waals surface area contributed by atoms with Crippen LogP contribution in [-0.2, 0) is 16.1 Å². The number of amides is 2. The highest BCUT2D eigenvalue weighted by molar-refractivity contribution is 8.24. The third-order valence-electron chi connectivity index (χ3n) is 4.98. The molecule has 0 unspecified atom stereocenters. The molecule has 5 nitrogen and oxygen atoms in total. The predicted molar refractivity (Wildman–Crippen MR) is 127 cm³/mol. The first-order chi connectivity index (χ1) is 14.6. The van der Waals surface area contributed by atoms with Gasteiger partial charge in [-0.25, -0.2) is 0 Å². The first-order valence-corrected chi connectivity index (χ1v) is 11.5. The summed E-state index contributed by atoms with van der Waals surface area (Å²) in [4.78, 5) is 28.9. The highest BCUT2D eigenvalue weighted by Gasteiger charge is 2.21. The summed E-state index contributed by atoms with van der Waals surface area (Å²) >= 11 is 6.85. The number of thioether (sulfide) groups is 1. The van der Waals surface area contributed by atoms with Gasteiger partial charge in [-0.1, -0.05) is 72.9 Å². The Kier molecular flexibility index (Phi) is 8.86. The summed E-state index contributed by atoms with van der Waals surface area (Å²) in [7, 11) is 0. The van der Waals surface area contributed by atoms with Gasteiger partial charge in [-0.05, 0) is 17.5 Å². The van der Waals surface area contributed by atoms with Crippen LogP contribution in [0.25, 0.3) is 0 Å². The van der Waals surface area contributed by atoms with Crippen LogP contribution in [0.5, 0.6) is 0 Å². The van der Waals surface area contributed by atoms with Gasteiger partial charge in [0.25, 0.3) is 0 Å². The van der Waals surface area contributed by atoms with E-state index in [9.17, 15) is 9.59 Å². The number of rotatable bonds is 7. The van der Waals surface area contributed by atoms with Crippen molar-refractivity contribution in [3.05, 3.63) is 71.8 Å². The number of thiocarbonyl (C=S) groups is 1. The molecular formula is C23H27N3O2S2. The lowest BCUT2D eigenvalue weighted by Gasteiger charge is -2.21. The van der Waals surface area contributed by atoms with Gasteiger partial charge in [0.15, 0.2) is 0 Å². The van der Waals surface area contributed by atoms with Crippen LogP contribution in [0.1, 0.15) is 17.5 Å². The van der Waals surface area contributed by atoms with Crippen molar-refractivity contribution in [2.24, 2.45) is 0 Å². The molecule has 2 amide bonds. The van der Waals surface area contributed by atoms with E-state index >= 15 is 0 Å². The Morgan fingerprint density at radius 1 is 0.933 bits per heavy atom. The second-order valence-corrected chi connectivity index (χ2v) is 8.87. The third-order valence-corrected chi connectivity index (χ3v) is 6.46. The largest absolute Gasteiger partial charge is 0.351 e. The minimum atomic E-state index is 0.0161. The number of carbonyl (C=O) groups is 2. The molecule has 30 heavy (non-hydrogen) atoms. The molecule has 2 aromatic rings. The fourth-order valence-electron chi connectivity index (χ4n) is 3.31. The van der Waals surface area contributed by atoms with Crippen molar-refractivity contribution in [1.29, 1.82) is 0 Å². The zero-order valence-electron chi connectivity index (χ0n) is 17.0. The first-order valence-electron chi connectivity index (χ1n) is 10.1. The Morgan fingerprint density at radius 2 is 1.63 bits per heavy atom. The number of nitrogens with one attached hydrogen (secondary N) is 1. The summed E-state index contributed by atoms with van der Waals surface area (Å²) in [5.41, 5.74) is 2.07. The van der Waals surface area contributed by atoms with Crippen LogP contribution in [0.3, 0.4) is 0 Å². The van der Waals surface area contributed by atoms with E-state index in [1.807, 2.05) is 65.6 Å². The molecule has 0 spiro atoms. The minimum Gasteiger partial charge on any atom is -0.351 e. The van der Waals surface area contributed by atoms with E-state index in [4.69, 9.17) is 12.2 Å². The lowest BCUT2D eigenvalue weighted by Crippen LogP contribution is -2.40. The molecule has 3 rings (SSSR count). The predicted octanol–water partition coefficient (Wildman–Crippen LogP) is 2.95. The van der Waals surface area contributed by atoms with Gasteiger partial charge in [0.2, 0.25) is 11.8 Å². The smallest absolute Gasteiger partial charge is 0.234 e. The summed E-state index contributed by atoms with van der Waals surface area (Å²) in [6, 6.07) is 19.7. The summed E-state index contributed by atoms with van der Waals surface area (Å²) < 4.78 is 0.746. The third kappa shape index (κ3) is 7.23. The zero-order valence-corrected chi connectivity index (χ0v) is 18.6. The van der Waals surface area contributed by atoms with Crippen molar-refractivity contribution in [3.63, 3.8) is 0 Å². The molecule has 0 aromatic heterocycles. The molecule has 158 valence electrons. The Balaban J connectivity index is 1.39. The molecule has 1 saturated heterocycles. The van der Waals surface area contributed by atoms with Crippen LogP contribution in [-0.4, -0.2) is 64.3 Å². The van der Waals surface area contributed by atoms with Crippen LogP contribution in [0.2, 0.25) is 0 Å². The Labute approximate surface area is 187 Å². The van der Waals surface area contributed by atoms with Crippen molar-refractivity contribution in [3.8, 4) is 0 Å². The molecule has 1 heterocycles. The topological polar surface area (TPSA) is 52.7 Å². The molecule has 1 aliphatic heterocycles. The molecule has 0 atom stereocenters. The Morgan fingerprint density at radius 3 is 2.37 bits per heavy atom. The van der Waals surface area contributed by atoms with Gasteiger partial charge in [0, 0.05) is 32.7 Å². The maximum absolute atomic E-state index is 12.6. The fraction of sp³-hybridized carbons (Fsp3) is 0.348. The maximum Gasteiger partial charge on any atom is 0.234 e. The molecule has 7 heteroatoms. The molecule has 2 aromatic carbocycles. The molecular weight excluding hydrogens is 414 g/mol. The van der Waals surface area contributed by atoms with Gasteiger partial charge in [0.1, 0.15) is 0 Å². The monoisotopic (exact) mass is 441 g/mol. The van der Waals surface area contributed by atoms with Gasteiger partial charge in [-0.2, -0.15) is 0 Å². The number of nitrogens with zero attached hydrogens (tertiary/aromatic N) is 2. The van der Waals surface area contributed by atoms with Crippen LogP contribution in [0.15, 0.2) is 60.7 Å². The van der Waals surface area contributed by atoms with E-state index in [-0.39, 0.29) is 11.8 Å². The number of hydrogen-bond acceptors (Lipinski definition) is 5. The SMILES string of the molecule is O=C(CN1CCCN(C(=O)CSC(=S)c2ccccc2)CC1)NCc1ccccc1. The quantitative estimate of drug-likeness (QED) is 0.670. The standard InChI is InChI=1S/C23H27N3O2S2/c27-21(24-16-19-8-3-1-4-9-19)17-25-12-7-13-26(15-14-25)22(28)18-30-23(29)20-10-5-2-6-11-20/h1-6,8-11H,7,12-18H2,(H,24,27). The summed E-state index contributed by atoms with van der Waals surface area (Å²) in [6.07, 6.45) is 0.867. The van der Waals surface area contributed by atoms with E-state index in [0.717, 1.165) is 34.8 Å². The van der Waals surface area contributed by atoms with Crippen LogP contribution >= 0.6 is 24.0 Å². The first kappa shape index (κ1) is 22.5.